The van der Waals surface area contributed by atoms with Crippen LogP contribution < -0.4 is 0 Å². The molecule has 5 heteroatoms. The quantitative estimate of drug-likeness (QED) is 0.418. The van der Waals surface area contributed by atoms with Crippen molar-refractivity contribution < 1.29 is 13.2 Å². The molecular weight excluding hydrogens is 310 g/mol. The Morgan fingerprint density at radius 1 is 1.17 bits per heavy atom. The fourth-order valence-corrected chi connectivity index (χ4v) is 3.68. The zero-order chi connectivity index (χ0) is 16.9. The van der Waals surface area contributed by atoms with Gasteiger partial charge in [0.15, 0.2) is 5.78 Å². The van der Waals surface area contributed by atoms with Crippen molar-refractivity contribution >= 4 is 15.8 Å². The Morgan fingerprint density at radius 2 is 1.87 bits per heavy atom. The summed E-state index contributed by atoms with van der Waals surface area (Å²) in [5.41, 5.74) is 1.19. The molecule has 122 valence electrons. The van der Waals surface area contributed by atoms with Crippen molar-refractivity contribution in [2.24, 2.45) is 0 Å². The van der Waals surface area contributed by atoms with Gasteiger partial charge in [0.25, 0.3) is 10.0 Å². The lowest BCUT2D eigenvalue weighted by atomic mass is 10.1. The minimum atomic E-state index is -3.74. The van der Waals surface area contributed by atoms with Crippen molar-refractivity contribution in [2.75, 3.05) is 0 Å². The molecule has 0 aliphatic rings. The number of nitrogens with zero attached hydrogens (tertiary/aromatic N) is 1. The topological polar surface area (TPSA) is 56.1 Å². The predicted octanol–water partition coefficient (Wildman–Crippen LogP) is 3.96. The van der Waals surface area contributed by atoms with Crippen LogP contribution in [0.15, 0.2) is 60.1 Å². The highest BCUT2D eigenvalue weighted by Crippen LogP contribution is 2.19. The van der Waals surface area contributed by atoms with E-state index in [2.05, 4.69) is 6.58 Å². The molecule has 0 unspecified atom stereocenters. The lowest BCUT2D eigenvalue weighted by Gasteiger charge is -2.10. The Balaban J connectivity index is 2.24. The summed E-state index contributed by atoms with van der Waals surface area (Å²) in [4.78, 5) is 12.5. The lowest BCUT2D eigenvalue weighted by molar-refractivity contribution is 0.0973. The summed E-state index contributed by atoms with van der Waals surface area (Å²) in [5, 5.41) is 0. The summed E-state index contributed by atoms with van der Waals surface area (Å²) in [6.45, 7) is 5.54. The third-order valence-corrected chi connectivity index (χ3v) is 5.34. The first-order chi connectivity index (χ1) is 11.0. The zero-order valence-electron chi connectivity index (χ0n) is 13.2. The third-order valence-electron chi connectivity index (χ3n) is 3.64. The molecule has 2 aromatic rings. The van der Waals surface area contributed by atoms with Gasteiger partial charge < -0.3 is 0 Å². The smallest absolute Gasteiger partial charge is 0.268 e. The molecule has 0 aliphatic carbocycles. The van der Waals surface area contributed by atoms with E-state index in [0.717, 1.165) is 28.8 Å². The molecule has 0 saturated carbocycles. The van der Waals surface area contributed by atoms with Crippen LogP contribution in [0.4, 0.5) is 0 Å². The summed E-state index contributed by atoms with van der Waals surface area (Å²) in [6.07, 6.45) is 6.03. The van der Waals surface area contributed by atoms with E-state index in [0.29, 0.717) is 6.42 Å². The second-order valence-electron chi connectivity index (χ2n) is 5.46. The van der Waals surface area contributed by atoms with Crippen LogP contribution >= 0.6 is 0 Å². The van der Waals surface area contributed by atoms with Crippen molar-refractivity contribution in [1.29, 1.82) is 0 Å². The van der Waals surface area contributed by atoms with Crippen LogP contribution in [0, 0.1) is 6.92 Å². The van der Waals surface area contributed by atoms with Crippen LogP contribution in [0.3, 0.4) is 0 Å². The van der Waals surface area contributed by atoms with Crippen molar-refractivity contribution in [2.45, 2.75) is 37.5 Å². The number of hydrogen-bond acceptors (Lipinski definition) is 3. The maximum Gasteiger partial charge on any atom is 0.268 e. The Bertz CT molecular complexity index is 786. The van der Waals surface area contributed by atoms with E-state index in [1.807, 2.05) is 13.0 Å². The first kappa shape index (κ1) is 17.2. The highest BCUT2D eigenvalue weighted by molar-refractivity contribution is 7.90. The first-order valence-electron chi connectivity index (χ1n) is 7.60. The lowest BCUT2D eigenvalue weighted by Crippen LogP contribution is -2.17. The third kappa shape index (κ3) is 3.99. The van der Waals surface area contributed by atoms with E-state index < -0.39 is 10.0 Å². The number of rotatable bonds is 8. The normalized spacial score (nSPS) is 11.3. The number of carbonyl (C=O) groups excluding carboxylic acids is 1. The second-order valence-corrected chi connectivity index (χ2v) is 7.28. The van der Waals surface area contributed by atoms with Gasteiger partial charge in [0.05, 0.1) is 10.6 Å². The summed E-state index contributed by atoms with van der Waals surface area (Å²) < 4.78 is 26.5. The van der Waals surface area contributed by atoms with Gasteiger partial charge in [-0.25, -0.2) is 12.4 Å². The maximum atomic E-state index is 12.7. The molecule has 0 bridgehead atoms. The Kier molecular flexibility index (Phi) is 5.55. The van der Waals surface area contributed by atoms with E-state index >= 15 is 0 Å². The average Bonchev–Trinajstić information content (AvgIpc) is 3.02. The highest BCUT2D eigenvalue weighted by Gasteiger charge is 2.22. The minimum Gasteiger partial charge on any atom is -0.292 e. The van der Waals surface area contributed by atoms with Gasteiger partial charge in [0.2, 0.25) is 0 Å². The molecule has 4 nitrogen and oxygen atoms in total. The maximum absolute atomic E-state index is 12.7. The van der Waals surface area contributed by atoms with Gasteiger partial charge in [0.1, 0.15) is 0 Å². The summed E-state index contributed by atoms with van der Waals surface area (Å²) in [6, 6.07) is 9.75. The summed E-state index contributed by atoms with van der Waals surface area (Å²) in [5.74, 6) is -0.158. The Morgan fingerprint density at radius 3 is 2.52 bits per heavy atom. The molecule has 1 heterocycles. The monoisotopic (exact) mass is 331 g/mol. The Hall–Kier alpha value is -2.14. The molecule has 0 N–H and O–H groups in total. The fraction of sp³-hybridized carbons (Fsp3) is 0.278. The van der Waals surface area contributed by atoms with Gasteiger partial charge in [-0.05, 0) is 50.5 Å². The number of aryl methyl sites for hydroxylation is 1. The molecule has 0 radical (unpaired) electrons. The molecular formula is C18H21NO3S. The number of Topliss-reactive ketones (excluding diaryl/α,β-unsaturated/α-hetero) is 1. The number of hydrogen-bond donors (Lipinski definition) is 0. The minimum absolute atomic E-state index is 0.158. The number of benzene rings is 1. The molecule has 0 amide bonds. The van der Waals surface area contributed by atoms with Crippen LogP contribution in [0.2, 0.25) is 0 Å². The van der Waals surface area contributed by atoms with Gasteiger partial charge in [0, 0.05) is 12.6 Å². The van der Waals surface area contributed by atoms with Gasteiger partial charge in [-0.3, -0.25) is 4.79 Å². The van der Waals surface area contributed by atoms with Crippen LogP contribution in [0.5, 0.6) is 0 Å². The van der Waals surface area contributed by atoms with E-state index in [1.165, 1.54) is 6.20 Å². The largest absolute Gasteiger partial charge is 0.292 e. The van der Waals surface area contributed by atoms with E-state index in [9.17, 15) is 13.2 Å². The van der Waals surface area contributed by atoms with Gasteiger partial charge in [-0.1, -0.05) is 23.8 Å². The molecule has 0 saturated heterocycles. The molecule has 0 fully saturated rings. The second kappa shape index (κ2) is 7.42. The van der Waals surface area contributed by atoms with Crippen molar-refractivity contribution in [3.05, 3.63) is 66.5 Å². The van der Waals surface area contributed by atoms with Crippen LogP contribution in [-0.2, 0) is 10.0 Å². The highest BCUT2D eigenvalue weighted by atomic mass is 32.2. The molecule has 23 heavy (non-hydrogen) atoms. The van der Waals surface area contributed by atoms with Crippen molar-refractivity contribution in [3.63, 3.8) is 0 Å². The molecule has 0 atom stereocenters. The van der Waals surface area contributed by atoms with Crippen LogP contribution in [0.25, 0.3) is 0 Å². The summed E-state index contributed by atoms with van der Waals surface area (Å²) in [7, 11) is -3.74. The number of allylic oxidation sites excluding steroid dienone is 1. The molecule has 0 aliphatic heterocycles. The SMILES string of the molecule is C=CCCCCC(=O)c1cccn1S(=O)(=O)c1ccc(C)cc1. The average molecular weight is 331 g/mol. The van der Waals surface area contributed by atoms with Crippen LogP contribution in [-0.4, -0.2) is 18.2 Å². The fourth-order valence-electron chi connectivity index (χ4n) is 2.32. The van der Waals surface area contributed by atoms with Gasteiger partial charge in [-0.2, -0.15) is 0 Å². The van der Waals surface area contributed by atoms with E-state index in [4.69, 9.17) is 0 Å². The van der Waals surface area contributed by atoms with Crippen molar-refractivity contribution in [3.8, 4) is 0 Å². The number of unbranched alkanes of at least 4 members (excludes halogenated alkanes) is 2. The van der Waals surface area contributed by atoms with E-state index in [-0.39, 0.29) is 16.4 Å². The molecule has 2 rings (SSSR count). The van der Waals surface area contributed by atoms with E-state index in [1.54, 1.807) is 36.4 Å². The standard InChI is InChI=1S/C18H21NO3S/c1-3-4-5-6-9-18(20)17-8-7-14-19(17)23(21,22)16-12-10-15(2)11-13-16/h3,7-8,10-14H,1,4-6,9H2,2H3. The van der Waals surface area contributed by atoms with Crippen LogP contribution in [0.1, 0.15) is 41.7 Å². The molecule has 0 spiro atoms. The molecule has 1 aromatic heterocycles. The molecule has 1 aromatic carbocycles. The number of ketones is 1. The number of aromatic nitrogens is 1. The van der Waals surface area contributed by atoms with Gasteiger partial charge >= 0.3 is 0 Å². The summed E-state index contributed by atoms with van der Waals surface area (Å²) >= 11 is 0. The van der Waals surface area contributed by atoms with Crippen molar-refractivity contribution in [1.82, 2.24) is 3.97 Å². The number of carbonyl (C=O) groups is 1. The zero-order valence-corrected chi connectivity index (χ0v) is 14.1. The van der Waals surface area contributed by atoms with Gasteiger partial charge in [-0.15, -0.1) is 6.58 Å². The Labute approximate surface area is 137 Å². The first-order valence-corrected chi connectivity index (χ1v) is 9.04. The predicted molar refractivity (Wildman–Crippen MR) is 91.2 cm³/mol.